The van der Waals surface area contributed by atoms with Gasteiger partial charge in [0.25, 0.3) is 5.56 Å². The number of carbonyl (C=O) groups is 1. The van der Waals surface area contributed by atoms with Crippen molar-refractivity contribution >= 4 is 27.3 Å². The summed E-state index contributed by atoms with van der Waals surface area (Å²) in [5.74, 6) is 0.166. The normalized spacial score (nSPS) is 22.0. The number of amides is 1. The first-order valence-corrected chi connectivity index (χ1v) is 10.8. The number of nitrogens with one attached hydrogen (secondary N) is 1. The van der Waals surface area contributed by atoms with E-state index < -0.39 is 0 Å². The summed E-state index contributed by atoms with van der Waals surface area (Å²) in [5, 5.41) is 8.52. The van der Waals surface area contributed by atoms with Gasteiger partial charge in [-0.15, -0.1) is 5.10 Å². The molecule has 27 heavy (non-hydrogen) atoms. The molecule has 1 aliphatic heterocycles. The Labute approximate surface area is 162 Å². The second-order valence-electron chi connectivity index (χ2n) is 7.80. The van der Waals surface area contributed by atoms with Crippen LogP contribution in [-0.4, -0.2) is 39.6 Å². The predicted octanol–water partition coefficient (Wildman–Crippen LogP) is 2.51. The first-order valence-electron chi connectivity index (χ1n) is 10.0. The van der Waals surface area contributed by atoms with Crippen molar-refractivity contribution in [2.75, 3.05) is 18.0 Å². The van der Waals surface area contributed by atoms with Gasteiger partial charge in [-0.1, -0.05) is 37.0 Å². The Kier molecular flexibility index (Phi) is 5.43. The molecular weight excluding hydrogens is 362 g/mol. The van der Waals surface area contributed by atoms with Gasteiger partial charge >= 0.3 is 0 Å². The molecule has 146 valence electrons. The number of carbonyl (C=O) groups excluding carboxylic acids is 1. The van der Waals surface area contributed by atoms with Crippen LogP contribution in [0.2, 0.25) is 0 Å². The molecule has 0 bridgehead atoms. The molecule has 1 N–H and O–H groups in total. The lowest BCUT2D eigenvalue weighted by atomic mass is 9.96. The highest BCUT2D eigenvalue weighted by Gasteiger charge is 2.29. The van der Waals surface area contributed by atoms with E-state index in [4.69, 9.17) is 0 Å². The quantitative estimate of drug-likeness (QED) is 0.816. The molecule has 7 nitrogen and oxygen atoms in total. The van der Waals surface area contributed by atoms with E-state index in [1.165, 1.54) is 47.6 Å². The maximum atomic E-state index is 12.8. The van der Waals surface area contributed by atoms with E-state index in [0.29, 0.717) is 23.2 Å². The minimum Gasteiger partial charge on any atom is -0.353 e. The van der Waals surface area contributed by atoms with Crippen LogP contribution in [0.15, 0.2) is 10.9 Å². The summed E-state index contributed by atoms with van der Waals surface area (Å²) in [6, 6.07) is 1.83. The highest BCUT2D eigenvalue weighted by atomic mass is 32.1. The lowest BCUT2D eigenvalue weighted by Gasteiger charge is -2.32. The van der Waals surface area contributed by atoms with Crippen molar-refractivity contribution in [3.05, 3.63) is 22.1 Å². The Morgan fingerprint density at radius 3 is 2.74 bits per heavy atom. The van der Waals surface area contributed by atoms with Crippen LogP contribution < -0.4 is 15.8 Å². The lowest BCUT2D eigenvalue weighted by Crippen LogP contribution is -2.46. The number of piperidine rings is 1. The Morgan fingerprint density at radius 2 is 1.96 bits per heavy atom. The van der Waals surface area contributed by atoms with Crippen molar-refractivity contribution in [1.82, 2.24) is 19.9 Å². The molecule has 1 unspecified atom stereocenters. The van der Waals surface area contributed by atoms with Gasteiger partial charge in [-0.2, -0.15) is 4.52 Å². The van der Waals surface area contributed by atoms with Gasteiger partial charge in [0.1, 0.15) is 0 Å². The van der Waals surface area contributed by atoms with Crippen LogP contribution >= 0.6 is 11.3 Å². The molecule has 2 aromatic heterocycles. The van der Waals surface area contributed by atoms with E-state index in [2.05, 4.69) is 20.3 Å². The number of aromatic nitrogens is 3. The number of aryl methyl sites for hydroxylation is 1. The lowest BCUT2D eigenvalue weighted by molar-refractivity contribution is -0.126. The zero-order valence-electron chi connectivity index (χ0n) is 15.8. The Morgan fingerprint density at radius 1 is 1.19 bits per heavy atom. The van der Waals surface area contributed by atoms with Crippen LogP contribution in [0.5, 0.6) is 0 Å². The molecule has 2 aromatic rings. The van der Waals surface area contributed by atoms with Gasteiger partial charge in [0.05, 0.1) is 5.92 Å². The average molecular weight is 390 g/mol. The summed E-state index contributed by atoms with van der Waals surface area (Å²) in [4.78, 5) is 32.1. The van der Waals surface area contributed by atoms with Gasteiger partial charge < -0.3 is 10.2 Å². The molecule has 2 fully saturated rings. The number of nitrogens with zero attached hydrogens (tertiary/aromatic N) is 4. The molecule has 1 saturated carbocycles. The maximum absolute atomic E-state index is 12.8. The minimum atomic E-state index is -0.153. The first kappa shape index (κ1) is 18.4. The number of fused-ring (bicyclic) bond motifs is 1. The van der Waals surface area contributed by atoms with Crippen LogP contribution in [-0.2, 0) is 4.79 Å². The SMILES string of the molecule is Cc1cc(=O)n2nc(N3CCCC(C(=O)NC4CCCCCC4)C3)sc2n1. The van der Waals surface area contributed by atoms with E-state index in [1.807, 2.05) is 6.92 Å². The summed E-state index contributed by atoms with van der Waals surface area (Å²) in [5.41, 5.74) is 0.550. The van der Waals surface area contributed by atoms with Crippen LogP contribution in [0.4, 0.5) is 5.13 Å². The summed E-state index contributed by atoms with van der Waals surface area (Å²) in [6.45, 7) is 3.34. The third-order valence-electron chi connectivity index (χ3n) is 5.63. The van der Waals surface area contributed by atoms with E-state index in [1.54, 1.807) is 0 Å². The smallest absolute Gasteiger partial charge is 0.275 e. The number of hydrogen-bond donors (Lipinski definition) is 1. The van der Waals surface area contributed by atoms with Crippen LogP contribution in [0.3, 0.4) is 0 Å². The summed E-state index contributed by atoms with van der Waals surface area (Å²) < 4.78 is 1.36. The highest BCUT2D eigenvalue weighted by molar-refractivity contribution is 7.20. The van der Waals surface area contributed by atoms with Crippen molar-refractivity contribution in [3.63, 3.8) is 0 Å². The van der Waals surface area contributed by atoms with Crippen LogP contribution in [0.25, 0.3) is 4.96 Å². The second-order valence-corrected chi connectivity index (χ2v) is 8.73. The molecule has 1 atom stereocenters. The zero-order chi connectivity index (χ0) is 18.8. The van der Waals surface area contributed by atoms with Crippen molar-refractivity contribution in [2.24, 2.45) is 5.92 Å². The van der Waals surface area contributed by atoms with Crippen molar-refractivity contribution in [2.45, 2.75) is 64.3 Å². The van der Waals surface area contributed by atoms with Crippen molar-refractivity contribution in [3.8, 4) is 0 Å². The van der Waals surface area contributed by atoms with Crippen molar-refractivity contribution < 1.29 is 4.79 Å². The third kappa shape index (κ3) is 4.15. The van der Waals surface area contributed by atoms with E-state index in [-0.39, 0.29) is 17.4 Å². The fraction of sp³-hybridized carbons (Fsp3) is 0.684. The monoisotopic (exact) mass is 389 g/mol. The molecule has 1 aliphatic carbocycles. The molecule has 4 rings (SSSR count). The topological polar surface area (TPSA) is 79.6 Å². The summed E-state index contributed by atoms with van der Waals surface area (Å²) in [6.07, 6.45) is 9.09. The van der Waals surface area contributed by atoms with Crippen molar-refractivity contribution in [1.29, 1.82) is 0 Å². The van der Waals surface area contributed by atoms with Crippen LogP contribution in [0.1, 0.15) is 57.1 Å². The van der Waals surface area contributed by atoms with E-state index in [0.717, 1.165) is 37.4 Å². The van der Waals surface area contributed by atoms with Crippen LogP contribution in [0, 0.1) is 12.8 Å². The predicted molar refractivity (Wildman–Crippen MR) is 106 cm³/mol. The van der Waals surface area contributed by atoms with E-state index in [9.17, 15) is 9.59 Å². The van der Waals surface area contributed by atoms with Gasteiger partial charge in [0.2, 0.25) is 16.0 Å². The highest BCUT2D eigenvalue weighted by Crippen LogP contribution is 2.27. The maximum Gasteiger partial charge on any atom is 0.275 e. The Balaban J connectivity index is 1.45. The molecule has 1 amide bonds. The molecule has 0 spiro atoms. The van der Waals surface area contributed by atoms with Gasteiger partial charge in [0.15, 0.2) is 0 Å². The van der Waals surface area contributed by atoms with Gasteiger partial charge in [-0.3, -0.25) is 9.59 Å². The largest absolute Gasteiger partial charge is 0.353 e. The molecule has 0 radical (unpaired) electrons. The molecular formula is C19H27N5O2S. The third-order valence-corrected chi connectivity index (χ3v) is 6.60. The fourth-order valence-electron chi connectivity index (χ4n) is 4.15. The Bertz CT molecular complexity index is 869. The van der Waals surface area contributed by atoms with Gasteiger partial charge in [0, 0.05) is 30.9 Å². The van der Waals surface area contributed by atoms with Gasteiger partial charge in [-0.25, -0.2) is 4.98 Å². The molecule has 0 aromatic carbocycles. The molecule has 3 heterocycles. The summed E-state index contributed by atoms with van der Waals surface area (Å²) in [7, 11) is 0. The standard InChI is InChI=1S/C19H27N5O2S/c1-13-11-16(25)24-18(20-13)27-19(22-24)23-10-6-7-14(12-23)17(26)21-15-8-4-2-3-5-9-15/h11,14-15H,2-10,12H2,1H3,(H,21,26). The number of anilines is 1. The minimum absolute atomic E-state index is 0.0135. The number of hydrogen-bond acceptors (Lipinski definition) is 6. The molecule has 8 heteroatoms. The zero-order valence-corrected chi connectivity index (χ0v) is 16.6. The molecule has 2 aliphatic rings. The van der Waals surface area contributed by atoms with Gasteiger partial charge in [-0.05, 0) is 32.6 Å². The fourth-order valence-corrected chi connectivity index (χ4v) is 5.13. The molecule has 1 saturated heterocycles. The second kappa shape index (κ2) is 7.96. The first-order chi connectivity index (χ1) is 13.1. The average Bonchev–Trinajstić information content (AvgIpc) is 2.92. The summed E-state index contributed by atoms with van der Waals surface area (Å²) >= 11 is 1.42. The van der Waals surface area contributed by atoms with E-state index >= 15 is 0 Å². The Hall–Kier alpha value is -1.96. The number of rotatable bonds is 3.